The van der Waals surface area contributed by atoms with E-state index in [-0.39, 0.29) is 11.7 Å². The second-order valence-corrected chi connectivity index (χ2v) is 7.04. The van der Waals surface area contributed by atoms with Crippen LogP contribution in [0.4, 0.5) is 5.13 Å². The summed E-state index contributed by atoms with van der Waals surface area (Å²) in [5, 5.41) is 15.2. The van der Waals surface area contributed by atoms with Crippen LogP contribution in [0.1, 0.15) is 16.8 Å². The van der Waals surface area contributed by atoms with Crippen LogP contribution in [0.2, 0.25) is 0 Å². The van der Waals surface area contributed by atoms with Crippen molar-refractivity contribution in [1.29, 1.82) is 0 Å². The zero-order valence-corrected chi connectivity index (χ0v) is 14.6. The van der Waals surface area contributed by atoms with Crippen LogP contribution in [-0.2, 0) is 0 Å². The third-order valence-electron chi connectivity index (χ3n) is 4.57. The predicted octanol–water partition coefficient (Wildman–Crippen LogP) is 3.35. The van der Waals surface area contributed by atoms with E-state index in [1.54, 1.807) is 29.7 Å². The number of hydrogen-bond donors (Lipinski definition) is 1. The van der Waals surface area contributed by atoms with Gasteiger partial charge in [0.1, 0.15) is 5.75 Å². The van der Waals surface area contributed by atoms with Gasteiger partial charge in [0.05, 0.1) is 5.56 Å². The van der Waals surface area contributed by atoms with Crippen molar-refractivity contribution in [3.63, 3.8) is 0 Å². The number of benzene rings is 2. The molecule has 0 spiro atoms. The Morgan fingerprint density at radius 2 is 1.88 bits per heavy atom. The average molecular weight is 353 g/mol. The monoisotopic (exact) mass is 353 g/mol. The minimum Gasteiger partial charge on any atom is -0.507 e. The first-order chi connectivity index (χ1) is 12.2. The van der Waals surface area contributed by atoms with Crippen LogP contribution < -0.4 is 4.90 Å². The zero-order valence-electron chi connectivity index (χ0n) is 13.8. The van der Waals surface area contributed by atoms with Crippen LogP contribution in [0.5, 0.6) is 5.75 Å². The minimum atomic E-state index is -0.107. The lowest BCUT2D eigenvalue weighted by Gasteiger charge is -2.22. The molecule has 1 N–H and O–H groups in total. The average Bonchev–Trinajstić information content (AvgIpc) is 3.05. The molecule has 25 heavy (non-hydrogen) atoms. The predicted molar refractivity (Wildman–Crippen MR) is 100 cm³/mol. The Hall–Kier alpha value is -2.60. The second-order valence-electron chi connectivity index (χ2n) is 6.16. The van der Waals surface area contributed by atoms with E-state index in [4.69, 9.17) is 0 Å². The fourth-order valence-electron chi connectivity index (χ4n) is 3.25. The molecule has 3 aromatic rings. The van der Waals surface area contributed by atoms with Crippen molar-refractivity contribution < 1.29 is 9.90 Å². The second kappa shape index (κ2) is 6.72. The molecule has 2 aromatic carbocycles. The van der Waals surface area contributed by atoms with E-state index < -0.39 is 0 Å². The van der Waals surface area contributed by atoms with E-state index >= 15 is 0 Å². The first-order valence-electron chi connectivity index (χ1n) is 8.38. The number of phenols is 1. The van der Waals surface area contributed by atoms with Gasteiger partial charge >= 0.3 is 0 Å². The van der Waals surface area contributed by atoms with Crippen LogP contribution in [0.3, 0.4) is 0 Å². The molecule has 6 heteroatoms. The number of anilines is 1. The molecule has 0 bridgehead atoms. The van der Waals surface area contributed by atoms with Gasteiger partial charge in [-0.15, -0.1) is 11.3 Å². The minimum absolute atomic E-state index is 0.0460. The highest BCUT2D eigenvalue weighted by atomic mass is 32.1. The van der Waals surface area contributed by atoms with E-state index in [1.807, 2.05) is 34.5 Å². The molecule has 2 heterocycles. The van der Waals surface area contributed by atoms with Gasteiger partial charge in [0.25, 0.3) is 5.91 Å². The summed E-state index contributed by atoms with van der Waals surface area (Å²) in [7, 11) is 0. The maximum atomic E-state index is 12.9. The number of aromatic hydroxyl groups is 1. The summed E-state index contributed by atoms with van der Waals surface area (Å²) in [5.41, 5.74) is 0.376. The molecule has 0 unspecified atom stereocenters. The smallest absolute Gasteiger partial charge is 0.257 e. The molecule has 4 rings (SSSR count). The zero-order chi connectivity index (χ0) is 17.2. The van der Waals surface area contributed by atoms with Gasteiger partial charge < -0.3 is 14.9 Å². The maximum absolute atomic E-state index is 12.9. The molecule has 1 amide bonds. The Kier molecular flexibility index (Phi) is 4.28. The lowest BCUT2D eigenvalue weighted by molar-refractivity contribution is 0.0764. The number of phenolic OH excluding ortho intramolecular Hbond substituents is 1. The quantitative estimate of drug-likeness (QED) is 0.768. The van der Waals surface area contributed by atoms with Crippen LogP contribution in [-0.4, -0.2) is 47.1 Å². The summed E-state index contributed by atoms with van der Waals surface area (Å²) in [5.74, 6) is -0.0611. The van der Waals surface area contributed by atoms with E-state index in [0.717, 1.165) is 35.4 Å². The molecule has 0 atom stereocenters. The van der Waals surface area contributed by atoms with E-state index in [2.05, 4.69) is 9.88 Å². The maximum Gasteiger partial charge on any atom is 0.257 e. The van der Waals surface area contributed by atoms with Crippen LogP contribution >= 0.6 is 11.3 Å². The Labute approximate surface area is 150 Å². The van der Waals surface area contributed by atoms with Gasteiger partial charge in [-0.2, -0.15) is 0 Å². The highest BCUT2D eigenvalue weighted by molar-refractivity contribution is 7.13. The summed E-state index contributed by atoms with van der Waals surface area (Å²) < 4.78 is 0. The van der Waals surface area contributed by atoms with Crippen molar-refractivity contribution in [3.8, 4) is 5.75 Å². The van der Waals surface area contributed by atoms with E-state index in [0.29, 0.717) is 18.7 Å². The Morgan fingerprint density at radius 1 is 1.08 bits per heavy atom. The van der Waals surface area contributed by atoms with Crippen molar-refractivity contribution in [2.75, 3.05) is 31.1 Å². The number of thiazole rings is 1. The fraction of sp³-hybridized carbons (Fsp3) is 0.263. The molecule has 0 radical (unpaired) electrons. The molecule has 1 aliphatic heterocycles. The lowest BCUT2D eigenvalue weighted by atomic mass is 10.0. The number of rotatable bonds is 2. The number of hydrogen-bond acceptors (Lipinski definition) is 5. The van der Waals surface area contributed by atoms with Crippen molar-refractivity contribution in [2.45, 2.75) is 6.42 Å². The molecule has 5 nitrogen and oxygen atoms in total. The normalized spacial score (nSPS) is 15.4. The molecule has 128 valence electrons. The van der Waals surface area contributed by atoms with E-state index in [1.165, 1.54) is 0 Å². The number of nitrogens with zero attached hydrogens (tertiary/aromatic N) is 3. The first-order valence-corrected chi connectivity index (χ1v) is 9.26. The number of carbonyl (C=O) groups excluding carboxylic acids is 1. The summed E-state index contributed by atoms with van der Waals surface area (Å²) in [6.45, 7) is 2.96. The first kappa shape index (κ1) is 15.9. The molecular formula is C19H19N3O2S. The molecule has 0 saturated carbocycles. The van der Waals surface area contributed by atoms with Gasteiger partial charge in [-0.1, -0.05) is 24.3 Å². The van der Waals surface area contributed by atoms with Crippen LogP contribution in [0, 0.1) is 0 Å². The number of fused-ring (bicyclic) bond motifs is 1. The van der Waals surface area contributed by atoms with Gasteiger partial charge in [-0.05, 0) is 29.3 Å². The summed E-state index contributed by atoms with van der Waals surface area (Å²) >= 11 is 1.62. The van der Waals surface area contributed by atoms with Crippen molar-refractivity contribution in [1.82, 2.24) is 9.88 Å². The Morgan fingerprint density at radius 3 is 2.64 bits per heavy atom. The van der Waals surface area contributed by atoms with Gasteiger partial charge in [0, 0.05) is 37.8 Å². The molecule has 0 aliphatic carbocycles. The molecule has 1 aromatic heterocycles. The molecule has 1 fully saturated rings. The third-order valence-corrected chi connectivity index (χ3v) is 5.40. The number of aromatic nitrogens is 1. The van der Waals surface area contributed by atoms with Crippen molar-refractivity contribution in [2.24, 2.45) is 0 Å². The Balaban J connectivity index is 1.55. The van der Waals surface area contributed by atoms with Gasteiger partial charge in [-0.25, -0.2) is 4.98 Å². The van der Waals surface area contributed by atoms with Gasteiger partial charge in [0.2, 0.25) is 0 Å². The molecular weight excluding hydrogens is 334 g/mol. The number of amides is 1. The summed E-state index contributed by atoms with van der Waals surface area (Å²) in [4.78, 5) is 21.4. The highest BCUT2D eigenvalue weighted by Crippen LogP contribution is 2.27. The van der Waals surface area contributed by atoms with Crippen LogP contribution in [0.15, 0.2) is 48.0 Å². The largest absolute Gasteiger partial charge is 0.507 e. The van der Waals surface area contributed by atoms with Crippen LogP contribution in [0.25, 0.3) is 10.8 Å². The molecule has 1 saturated heterocycles. The van der Waals surface area contributed by atoms with Gasteiger partial charge in [0.15, 0.2) is 5.13 Å². The standard InChI is InChI=1S/C19H19N3O2S/c23-17-13-15-5-2-1-4-14(15)12-16(17)18(24)21-7-3-8-22(10-9-21)19-20-6-11-25-19/h1-2,4-6,11-13,23H,3,7-10H2. The third kappa shape index (κ3) is 3.17. The lowest BCUT2D eigenvalue weighted by Crippen LogP contribution is -2.35. The van der Waals surface area contributed by atoms with Gasteiger partial charge in [-0.3, -0.25) is 4.79 Å². The SMILES string of the molecule is O=C(c1cc2ccccc2cc1O)N1CCCN(c2nccs2)CC1. The highest BCUT2D eigenvalue weighted by Gasteiger charge is 2.23. The number of carbonyl (C=O) groups is 1. The molecule has 1 aliphatic rings. The van der Waals surface area contributed by atoms with E-state index in [9.17, 15) is 9.90 Å². The van der Waals surface area contributed by atoms with Crippen molar-refractivity contribution >= 4 is 33.1 Å². The fourth-order valence-corrected chi connectivity index (χ4v) is 3.95. The topological polar surface area (TPSA) is 56.7 Å². The van der Waals surface area contributed by atoms with Crippen molar-refractivity contribution in [3.05, 3.63) is 53.5 Å². The summed E-state index contributed by atoms with van der Waals surface area (Å²) in [6.07, 6.45) is 2.70. The summed E-state index contributed by atoms with van der Waals surface area (Å²) in [6, 6.07) is 11.2. The Bertz CT molecular complexity index is 895.